The molecule has 3 rings (SSSR count). The molecule has 0 aromatic heterocycles. The average molecular weight is 537 g/mol. The van der Waals surface area contributed by atoms with E-state index in [9.17, 15) is 4.79 Å². The summed E-state index contributed by atoms with van der Waals surface area (Å²) in [6.07, 6.45) is 2.26. The molecule has 1 saturated heterocycles. The second kappa shape index (κ2) is 13.0. The van der Waals surface area contributed by atoms with Crippen molar-refractivity contribution < 1.29 is 9.53 Å². The maximum absolute atomic E-state index is 10.9. The zero-order valence-corrected chi connectivity index (χ0v) is 20.3. The molecule has 1 aliphatic heterocycles. The lowest BCUT2D eigenvalue weighted by atomic mass is 10.1. The molecule has 1 amide bonds. The van der Waals surface area contributed by atoms with Crippen LogP contribution in [0, 0.1) is 0 Å². The molecule has 0 aliphatic carbocycles. The van der Waals surface area contributed by atoms with Crippen molar-refractivity contribution in [3.63, 3.8) is 0 Å². The van der Waals surface area contributed by atoms with E-state index in [0.29, 0.717) is 18.3 Å². The van der Waals surface area contributed by atoms with Crippen LogP contribution < -0.4 is 26.0 Å². The number of ether oxygens (including phenoxy) is 1. The quantitative estimate of drug-likeness (QED) is 0.274. The highest BCUT2D eigenvalue weighted by Crippen LogP contribution is 2.19. The van der Waals surface area contributed by atoms with Gasteiger partial charge in [-0.15, -0.1) is 24.0 Å². The van der Waals surface area contributed by atoms with Crippen LogP contribution in [0.2, 0.25) is 0 Å². The number of carbonyl (C=O) groups excluding carboxylic acids is 1. The van der Waals surface area contributed by atoms with Crippen molar-refractivity contribution in [2.45, 2.75) is 32.4 Å². The number of para-hydroxylation sites is 1. The number of hydrogen-bond donors (Lipinski definition) is 3. The number of guanidine groups is 1. The van der Waals surface area contributed by atoms with Gasteiger partial charge in [0, 0.05) is 31.4 Å². The monoisotopic (exact) mass is 537 g/mol. The van der Waals surface area contributed by atoms with E-state index < -0.39 is 5.91 Å². The summed E-state index contributed by atoms with van der Waals surface area (Å²) in [7, 11) is 0. The lowest BCUT2D eigenvalue weighted by Crippen LogP contribution is -2.51. The SMILES string of the molecule is CCNC(=NCc1cccc(OCC(N)=O)c1)NC1CCCN(c2ccccc2)C1.I. The number of primary amides is 1. The highest BCUT2D eigenvalue weighted by atomic mass is 127. The first kappa shape index (κ1) is 24.8. The maximum Gasteiger partial charge on any atom is 0.255 e. The maximum atomic E-state index is 10.9. The topological polar surface area (TPSA) is 92.0 Å². The Morgan fingerprint density at radius 3 is 2.77 bits per heavy atom. The Morgan fingerprint density at radius 1 is 1.23 bits per heavy atom. The number of aliphatic imine (C=N–C) groups is 1. The molecule has 0 saturated carbocycles. The summed E-state index contributed by atoms with van der Waals surface area (Å²) in [5.41, 5.74) is 7.41. The minimum atomic E-state index is -0.492. The molecular formula is C23H32IN5O2. The molecule has 8 heteroatoms. The molecule has 0 bridgehead atoms. The molecule has 7 nitrogen and oxygen atoms in total. The fraction of sp³-hybridized carbons (Fsp3) is 0.391. The third-order valence-electron chi connectivity index (χ3n) is 4.93. The summed E-state index contributed by atoms with van der Waals surface area (Å²) in [4.78, 5) is 18.1. The molecule has 2 aromatic rings. The molecule has 4 N–H and O–H groups in total. The van der Waals surface area contributed by atoms with Crippen LogP contribution in [-0.4, -0.2) is 44.1 Å². The van der Waals surface area contributed by atoms with Crippen molar-refractivity contribution in [2.24, 2.45) is 10.7 Å². The van der Waals surface area contributed by atoms with E-state index in [-0.39, 0.29) is 30.6 Å². The van der Waals surface area contributed by atoms with Gasteiger partial charge in [-0.2, -0.15) is 0 Å². The van der Waals surface area contributed by atoms with Crippen LogP contribution in [0.1, 0.15) is 25.3 Å². The lowest BCUT2D eigenvalue weighted by molar-refractivity contribution is -0.119. The second-order valence-electron chi connectivity index (χ2n) is 7.36. The van der Waals surface area contributed by atoms with Crippen molar-refractivity contribution >= 4 is 41.5 Å². The van der Waals surface area contributed by atoms with E-state index >= 15 is 0 Å². The summed E-state index contributed by atoms with van der Waals surface area (Å²) >= 11 is 0. The van der Waals surface area contributed by atoms with Gasteiger partial charge >= 0.3 is 0 Å². The molecule has 31 heavy (non-hydrogen) atoms. The zero-order chi connectivity index (χ0) is 21.2. The van der Waals surface area contributed by atoms with Crippen molar-refractivity contribution in [2.75, 3.05) is 31.1 Å². The third-order valence-corrected chi connectivity index (χ3v) is 4.93. The van der Waals surface area contributed by atoms with E-state index in [0.717, 1.165) is 44.0 Å². The molecule has 2 aromatic carbocycles. The van der Waals surface area contributed by atoms with Gasteiger partial charge in [0.25, 0.3) is 5.91 Å². The molecule has 1 atom stereocenters. The van der Waals surface area contributed by atoms with Gasteiger partial charge in [-0.3, -0.25) is 4.79 Å². The Hall–Kier alpha value is -2.49. The number of nitrogens with one attached hydrogen (secondary N) is 2. The minimum Gasteiger partial charge on any atom is -0.484 e. The lowest BCUT2D eigenvalue weighted by Gasteiger charge is -2.35. The number of amides is 1. The van der Waals surface area contributed by atoms with E-state index in [2.05, 4.69) is 46.7 Å². The predicted octanol–water partition coefficient (Wildman–Crippen LogP) is 2.89. The summed E-state index contributed by atoms with van der Waals surface area (Å²) in [6.45, 7) is 5.27. The van der Waals surface area contributed by atoms with Gasteiger partial charge in [-0.25, -0.2) is 4.99 Å². The van der Waals surface area contributed by atoms with E-state index in [1.54, 1.807) is 6.07 Å². The van der Waals surface area contributed by atoms with Gasteiger partial charge < -0.3 is 26.0 Å². The van der Waals surface area contributed by atoms with Crippen molar-refractivity contribution in [1.82, 2.24) is 10.6 Å². The van der Waals surface area contributed by atoms with Crippen LogP contribution in [0.3, 0.4) is 0 Å². The number of anilines is 1. The molecule has 1 unspecified atom stereocenters. The molecule has 168 valence electrons. The fourth-order valence-electron chi connectivity index (χ4n) is 3.54. The standard InChI is InChI=1S/C23H31N5O2.HI/c1-2-25-23(26-15-18-8-6-12-21(14-18)30-17-22(24)29)27-19-9-7-13-28(16-19)20-10-4-3-5-11-20;/h3-6,8,10-12,14,19H,2,7,9,13,15-17H2,1H3,(H2,24,29)(H2,25,26,27);1H. The van der Waals surface area contributed by atoms with Crippen LogP contribution in [-0.2, 0) is 11.3 Å². The minimum absolute atomic E-state index is 0. The predicted molar refractivity (Wildman–Crippen MR) is 136 cm³/mol. The number of carbonyl (C=O) groups is 1. The second-order valence-corrected chi connectivity index (χ2v) is 7.36. The van der Waals surface area contributed by atoms with Gasteiger partial charge in [-0.1, -0.05) is 30.3 Å². The van der Waals surface area contributed by atoms with Crippen LogP contribution in [0.4, 0.5) is 5.69 Å². The molecule has 1 fully saturated rings. The van der Waals surface area contributed by atoms with E-state index in [1.165, 1.54) is 5.69 Å². The smallest absolute Gasteiger partial charge is 0.255 e. The number of halogens is 1. The van der Waals surface area contributed by atoms with Gasteiger partial charge in [0.1, 0.15) is 5.75 Å². The highest BCUT2D eigenvalue weighted by molar-refractivity contribution is 14.0. The van der Waals surface area contributed by atoms with Crippen LogP contribution >= 0.6 is 24.0 Å². The van der Waals surface area contributed by atoms with Crippen LogP contribution in [0.15, 0.2) is 59.6 Å². The number of piperidine rings is 1. The Balaban J connectivity index is 0.00000341. The summed E-state index contributed by atoms with van der Waals surface area (Å²) in [6, 6.07) is 18.4. The molecule has 0 spiro atoms. The van der Waals surface area contributed by atoms with E-state index in [4.69, 9.17) is 15.5 Å². The van der Waals surface area contributed by atoms with Crippen LogP contribution in [0.25, 0.3) is 0 Å². The van der Waals surface area contributed by atoms with E-state index in [1.807, 2.05) is 24.3 Å². The molecule has 0 radical (unpaired) electrons. The fourth-order valence-corrected chi connectivity index (χ4v) is 3.54. The summed E-state index contributed by atoms with van der Waals surface area (Å²) in [5, 5.41) is 6.92. The molecular weight excluding hydrogens is 505 g/mol. The summed E-state index contributed by atoms with van der Waals surface area (Å²) < 4.78 is 5.38. The van der Waals surface area contributed by atoms with Crippen molar-refractivity contribution in [3.05, 3.63) is 60.2 Å². The van der Waals surface area contributed by atoms with Crippen molar-refractivity contribution in [1.29, 1.82) is 0 Å². The van der Waals surface area contributed by atoms with Crippen LogP contribution in [0.5, 0.6) is 5.75 Å². The Kier molecular flexibility index (Phi) is 10.4. The first-order chi connectivity index (χ1) is 14.6. The highest BCUT2D eigenvalue weighted by Gasteiger charge is 2.20. The molecule has 1 heterocycles. The normalized spacial score (nSPS) is 16.2. The molecule has 1 aliphatic rings. The first-order valence-electron chi connectivity index (χ1n) is 10.5. The first-order valence-corrected chi connectivity index (χ1v) is 10.5. The number of rotatable bonds is 8. The third kappa shape index (κ3) is 8.28. The van der Waals surface area contributed by atoms with Gasteiger partial charge in [0.2, 0.25) is 0 Å². The zero-order valence-electron chi connectivity index (χ0n) is 17.9. The Labute approximate surface area is 201 Å². The Morgan fingerprint density at radius 2 is 2.03 bits per heavy atom. The van der Waals surface area contributed by atoms with Gasteiger partial charge in [-0.05, 0) is 49.6 Å². The number of benzene rings is 2. The largest absolute Gasteiger partial charge is 0.484 e. The number of nitrogens with two attached hydrogens (primary N) is 1. The van der Waals surface area contributed by atoms with Crippen molar-refractivity contribution in [3.8, 4) is 5.75 Å². The summed E-state index contributed by atoms with van der Waals surface area (Å²) in [5.74, 6) is 0.931. The average Bonchev–Trinajstić information content (AvgIpc) is 2.77. The van der Waals surface area contributed by atoms with Gasteiger partial charge in [0.05, 0.1) is 6.54 Å². The number of hydrogen-bond acceptors (Lipinski definition) is 4. The van der Waals surface area contributed by atoms with Gasteiger partial charge in [0.15, 0.2) is 12.6 Å². The Bertz CT molecular complexity index is 847. The number of nitrogens with zero attached hydrogens (tertiary/aromatic N) is 2.